The van der Waals surface area contributed by atoms with Crippen LogP contribution in [0.5, 0.6) is 0 Å². The molecule has 0 aliphatic carbocycles. The van der Waals surface area contributed by atoms with Gasteiger partial charge in [-0.05, 0) is 43.0 Å². The van der Waals surface area contributed by atoms with Crippen molar-refractivity contribution in [2.45, 2.75) is 30.6 Å². The highest BCUT2D eigenvalue weighted by atomic mass is 32.2. The van der Waals surface area contributed by atoms with Crippen molar-refractivity contribution in [3.63, 3.8) is 0 Å². The predicted octanol–water partition coefficient (Wildman–Crippen LogP) is 3.49. The summed E-state index contributed by atoms with van der Waals surface area (Å²) in [4.78, 5) is 26.6. The van der Waals surface area contributed by atoms with Crippen molar-refractivity contribution in [1.29, 1.82) is 0 Å². The molecule has 0 unspecified atom stereocenters. The fourth-order valence-electron chi connectivity index (χ4n) is 3.86. The van der Waals surface area contributed by atoms with E-state index in [1.165, 1.54) is 17.8 Å². The average molecular weight is 449 g/mol. The zero-order chi connectivity index (χ0) is 22.0. The lowest BCUT2D eigenvalue weighted by atomic mass is 10.1. The smallest absolute Gasteiger partial charge is 0.247 e. The number of amides is 2. The summed E-state index contributed by atoms with van der Waals surface area (Å²) in [5.74, 6) is -2.50. The first-order valence-corrected chi connectivity index (χ1v) is 11.2. The average Bonchev–Trinajstić information content (AvgIpc) is 3.24. The van der Waals surface area contributed by atoms with Crippen molar-refractivity contribution in [3.8, 4) is 0 Å². The molecule has 2 aromatic carbocycles. The number of rotatable bonds is 5. The number of benzene rings is 2. The van der Waals surface area contributed by atoms with Gasteiger partial charge in [-0.2, -0.15) is 0 Å². The predicted molar refractivity (Wildman–Crippen MR) is 115 cm³/mol. The maximum atomic E-state index is 14.5. The maximum absolute atomic E-state index is 14.5. The Morgan fingerprint density at radius 3 is 2.42 bits per heavy atom. The number of carbonyl (C=O) groups is 2. The molecule has 2 amide bonds. The topological polar surface area (TPSA) is 61.4 Å². The molecular formula is C22H22F3N3O2S. The lowest BCUT2D eigenvalue weighted by Gasteiger charge is -2.28. The molecule has 164 valence electrons. The third-order valence-electron chi connectivity index (χ3n) is 5.46. The van der Waals surface area contributed by atoms with E-state index in [0.29, 0.717) is 18.7 Å². The Kier molecular flexibility index (Phi) is 6.41. The Hall–Kier alpha value is -2.68. The van der Waals surface area contributed by atoms with Gasteiger partial charge in [0.1, 0.15) is 17.5 Å². The van der Waals surface area contributed by atoms with Gasteiger partial charge in [-0.3, -0.25) is 9.59 Å². The van der Waals surface area contributed by atoms with Crippen molar-refractivity contribution >= 4 is 35.0 Å². The molecule has 2 saturated heterocycles. The summed E-state index contributed by atoms with van der Waals surface area (Å²) < 4.78 is 42.8. The van der Waals surface area contributed by atoms with Crippen LogP contribution >= 0.6 is 11.8 Å². The maximum Gasteiger partial charge on any atom is 0.247 e. The third-order valence-corrected chi connectivity index (χ3v) is 6.77. The Labute approximate surface area is 182 Å². The monoisotopic (exact) mass is 449 g/mol. The van der Waals surface area contributed by atoms with Crippen LogP contribution in [-0.2, 0) is 16.0 Å². The molecular weight excluding hydrogens is 427 g/mol. The third kappa shape index (κ3) is 4.81. The highest BCUT2D eigenvalue weighted by molar-refractivity contribution is 8.00. The van der Waals surface area contributed by atoms with Gasteiger partial charge in [0.05, 0.1) is 5.25 Å². The van der Waals surface area contributed by atoms with E-state index in [0.717, 1.165) is 25.0 Å². The van der Waals surface area contributed by atoms with E-state index >= 15 is 0 Å². The molecule has 0 spiro atoms. The molecule has 0 aromatic heterocycles. The number of hydrogen-bond donors (Lipinski definition) is 2. The molecule has 9 heteroatoms. The number of thioether (sulfide) groups is 1. The SMILES string of the molecule is O=C(Nc1cc(F)c(N2CCCC2)c(F)c1)[C@@H]1CS[C@@H](Cc2ccccc2F)C(=O)N1. The van der Waals surface area contributed by atoms with E-state index in [4.69, 9.17) is 0 Å². The number of hydrogen-bond acceptors (Lipinski definition) is 4. The standard InChI is InChI=1S/C22H22F3N3O2S/c23-15-6-2-1-5-13(15)9-19-22(30)27-18(12-31-19)21(29)26-14-10-16(24)20(17(25)11-14)28-7-3-4-8-28/h1-2,5-6,10-11,18-19H,3-4,7-9,12H2,(H,26,29)(H,27,30)/t18-,19-/m0/s1. The van der Waals surface area contributed by atoms with Crippen LogP contribution in [0.3, 0.4) is 0 Å². The lowest BCUT2D eigenvalue weighted by Crippen LogP contribution is -2.52. The van der Waals surface area contributed by atoms with Crippen molar-refractivity contribution in [2.24, 2.45) is 0 Å². The Morgan fingerprint density at radius 2 is 1.77 bits per heavy atom. The van der Waals surface area contributed by atoms with E-state index in [2.05, 4.69) is 10.6 Å². The molecule has 0 saturated carbocycles. The summed E-state index contributed by atoms with van der Waals surface area (Å²) >= 11 is 1.25. The number of anilines is 2. The second-order valence-corrected chi connectivity index (χ2v) is 8.89. The van der Waals surface area contributed by atoms with Gasteiger partial charge in [-0.25, -0.2) is 13.2 Å². The second-order valence-electron chi connectivity index (χ2n) is 7.65. The molecule has 0 radical (unpaired) electrons. The highest BCUT2D eigenvalue weighted by Crippen LogP contribution is 2.30. The van der Waals surface area contributed by atoms with Gasteiger partial charge < -0.3 is 15.5 Å². The lowest BCUT2D eigenvalue weighted by molar-refractivity contribution is -0.126. The molecule has 31 heavy (non-hydrogen) atoms. The van der Waals surface area contributed by atoms with Crippen molar-refractivity contribution < 1.29 is 22.8 Å². The summed E-state index contributed by atoms with van der Waals surface area (Å²) in [5, 5.41) is 4.58. The molecule has 2 aliphatic rings. The van der Waals surface area contributed by atoms with Gasteiger partial charge in [0.25, 0.3) is 0 Å². The van der Waals surface area contributed by atoms with Crippen LogP contribution < -0.4 is 15.5 Å². The van der Waals surface area contributed by atoms with Crippen molar-refractivity contribution in [3.05, 3.63) is 59.4 Å². The van der Waals surface area contributed by atoms with Crippen LogP contribution in [-0.4, -0.2) is 41.9 Å². The molecule has 0 bridgehead atoms. The zero-order valence-electron chi connectivity index (χ0n) is 16.7. The largest absolute Gasteiger partial charge is 0.367 e. The Bertz CT molecular complexity index is 975. The van der Waals surface area contributed by atoms with Gasteiger partial charge in [-0.1, -0.05) is 18.2 Å². The van der Waals surface area contributed by atoms with E-state index in [9.17, 15) is 22.8 Å². The summed E-state index contributed by atoms with van der Waals surface area (Å²) in [5.41, 5.74) is 0.353. The van der Waals surface area contributed by atoms with Crippen LogP contribution in [0.1, 0.15) is 18.4 Å². The fourth-order valence-corrected chi connectivity index (χ4v) is 5.04. The molecule has 2 fully saturated rings. The summed E-state index contributed by atoms with van der Waals surface area (Å²) in [6, 6.07) is 7.57. The van der Waals surface area contributed by atoms with Crippen LogP contribution in [0.15, 0.2) is 36.4 Å². The highest BCUT2D eigenvalue weighted by Gasteiger charge is 2.33. The van der Waals surface area contributed by atoms with Gasteiger partial charge in [0, 0.05) is 24.5 Å². The van der Waals surface area contributed by atoms with Gasteiger partial charge in [0.2, 0.25) is 11.8 Å². The normalized spacial score (nSPS) is 21.1. The zero-order valence-corrected chi connectivity index (χ0v) is 17.5. The molecule has 2 heterocycles. The van der Waals surface area contributed by atoms with E-state index in [1.54, 1.807) is 23.1 Å². The number of halogens is 3. The molecule has 2 aliphatic heterocycles. The van der Waals surface area contributed by atoms with Crippen LogP contribution in [0.4, 0.5) is 24.5 Å². The molecule has 4 rings (SSSR count). The molecule has 2 N–H and O–H groups in total. The van der Waals surface area contributed by atoms with Gasteiger partial charge >= 0.3 is 0 Å². The van der Waals surface area contributed by atoms with E-state index in [1.807, 2.05) is 0 Å². The number of nitrogens with one attached hydrogen (secondary N) is 2. The number of carbonyl (C=O) groups excluding carboxylic acids is 2. The van der Waals surface area contributed by atoms with Gasteiger partial charge in [0.15, 0.2) is 11.6 Å². The van der Waals surface area contributed by atoms with Crippen LogP contribution in [0.25, 0.3) is 0 Å². The fraction of sp³-hybridized carbons (Fsp3) is 0.364. The molecule has 2 aromatic rings. The first kappa shape index (κ1) is 21.5. The summed E-state index contributed by atoms with van der Waals surface area (Å²) in [7, 11) is 0. The van der Waals surface area contributed by atoms with E-state index in [-0.39, 0.29) is 35.3 Å². The molecule has 5 nitrogen and oxygen atoms in total. The Morgan fingerprint density at radius 1 is 1.10 bits per heavy atom. The first-order chi connectivity index (χ1) is 14.9. The van der Waals surface area contributed by atoms with Crippen LogP contribution in [0.2, 0.25) is 0 Å². The summed E-state index contributed by atoms with van der Waals surface area (Å²) in [6.45, 7) is 1.19. The van der Waals surface area contributed by atoms with Crippen molar-refractivity contribution in [1.82, 2.24) is 5.32 Å². The quantitative estimate of drug-likeness (QED) is 0.734. The molecule has 2 atom stereocenters. The minimum atomic E-state index is -0.848. The second kappa shape index (κ2) is 9.21. The van der Waals surface area contributed by atoms with Gasteiger partial charge in [-0.15, -0.1) is 11.8 Å². The summed E-state index contributed by atoms with van der Waals surface area (Å²) in [6.07, 6.45) is 1.98. The van der Waals surface area contributed by atoms with Crippen molar-refractivity contribution in [2.75, 3.05) is 29.1 Å². The Balaban J connectivity index is 1.37. The van der Waals surface area contributed by atoms with E-state index < -0.39 is 28.8 Å². The first-order valence-electron chi connectivity index (χ1n) is 10.1. The minimum Gasteiger partial charge on any atom is -0.367 e. The minimum absolute atomic E-state index is 0.00400. The van der Waals surface area contributed by atoms with Crippen LogP contribution in [0, 0.1) is 17.5 Å². The number of nitrogens with zero attached hydrogens (tertiary/aromatic N) is 1.